The van der Waals surface area contributed by atoms with Crippen LogP contribution in [0.4, 0.5) is 4.39 Å². The van der Waals surface area contributed by atoms with E-state index >= 15 is 0 Å². The van der Waals surface area contributed by atoms with E-state index in [4.69, 9.17) is 23.2 Å². The minimum Gasteiger partial charge on any atom is -0.313 e. The predicted molar refractivity (Wildman–Crippen MR) is 67.7 cm³/mol. The maximum Gasteiger partial charge on any atom is 0.141 e. The van der Waals surface area contributed by atoms with Gasteiger partial charge in [-0.2, -0.15) is 0 Å². The summed E-state index contributed by atoms with van der Waals surface area (Å²) in [6.45, 7) is 3.60. The highest BCUT2D eigenvalue weighted by Crippen LogP contribution is 2.15. The summed E-state index contributed by atoms with van der Waals surface area (Å²) in [5.74, 6) is -0.374. The van der Waals surface area contributed by atoms with E-state index in [0.717, 1.165) is 24.9 Å². The number of alkyl halides is 1. The number of halogens is 3. The summed E-state index contributed by atoms with van der Waals surface area (Å²) >= 11 is 11.5. The lowest BCUT2D eigenvalue weighted by molar-refractivity contribution is 0.613. The van der Waals surface area contributed by atoms with Crippen LogP contribution in [0.5, 0.6) is 0 Å². The zero-order valence-electron chi connectivity index (χ0n) is 9.27. The molecule has 0 spiro atoms. The van der Waals surface area contributed by atoms with Gasteiger partial charge >= 0.3 is 0 Å². The molecule has 0 aliphatic rings. The zero-order chi connectivity index (χ0) is 12.0. The van der Waals surface area contributed by atoms with E-state index in [9.17, 15) is 4.39 Å². The van der Waals surface area contributed by atoms with Crippen molar-refractivity contribution in [1.29, 1.82) is 0 Å². The van der Waals surface area contributed by atoms with Crippen LogP contribution in [0.3, 0.4) is 0 Å². The van der Waals surface area contributed by atoms with Crippen molar-refractivity contribution in [3.8, 4) is 0 Å². The van der Waals surface area contributed by atoms with Crippen LogP contribution in [0.2, 0.25) is 5.02 Å². The molecular weight excluding hydrogens is 248 g/mol. The molecule has 0 heterocycles. The van der Waals surface area contributed by atoms with Crippen molar-refractivity contribution in [2.45, 2.75) is 31.7 Å². The van der Waals surface area contributed by atoms with Crippen molar-refractivity contribution in [2.24, 2.45) is 0 Å². The Balaban J connectivity index is 2.24. The third kappa shape index (κ3) is 5.15. The van der Waals surface area contributed by atoms with Crippen molar-refractivity contribution >= 4 is 23.2 Å². The fourth-order valence-corrected chi connectivity index (χ4v) is 1.75. The summed E-state index contributed by atoms with van der Waals surface area (Å²) < 4.78 is 12.9. The zero-order valence-corrected chi connectivity index (χ0v) is 10.8. The van der Waals surface area contributed by atoms with Gasteiger partial charge in [0, 0.05) is 11.9 Å². The van der Waals surface area contributed by atoms with Crippen molar-refractivity contribution in [2.75, 3.05) is 6.54 Å². The summed E-state index contributed by atoms with van der Waals surface area (Å²) in [4.78, 5) is 0. The highest BCUT2D eigenvalue weighted by Gasteiger charge is 2.00. The Morgan fingerprint density at radius 2 is 2.19 bits per heavy atom. The van der Waals surface area contributed by atoms with E-state index in [1.54, 1.807) is 12.1 Å². The summed E-state index contributed by atoms with van der Waals surface area (Å²) in [7, 11) is 0. The molecule has 0 aromatic heterocycles. The standard InChI is InChI=1S/C12H16Cl2FN/c1-9(13)3-2-6-16-8-10-4-5-12(15)11(14)7-10/h4-5,7,9,16H,2-3,6,8H2,1H3. The van der Waals surface area contributed by atoms with Crippen LogP contribution in [0.25, 0.3) is 0 Å². The number of nitrogens with one attached hydrogen (secondary N) is 1. The van der Waals surface area contributed by atoms with Gasteiger partial charge in [-0.3, -0.25) is 0 Å². The molecule has 4 heteroatoms. The molecule has 1 atom stereocenters. The van der Waals surface area contributed by atoms with Crippen LogP contribution in [-0.2, 0) is 6.54 Å². The van der Waals surface area contributed by atoms with Gasteiger partial charge in [-0.25, -0.2) is 4.39 Å². The van der Waals surface area contributed by atoms with Crippen LogP contribution in [-0.4, -0.2) is 11.9 Å². The van der Waals surface area contributed by atoms with Gasteiger partial charge < -0.3 is 5.32 Å². The second kappa shape index (κ2) is 7.10. The predicted octanol–water partition coefficient (Wildman–Crippen LogP) is 3.98. The summed E-state index contributed by atoms with van der Waals surface area (Å²) in [6.07, 6.45) is 2.04. The molecule has 0 bridgehead atoms. The first-order chi connectivity index (χ1) is 7.59. The number of rotatable bonds is 6. The smallest absolute Gasteiger partial charge is 0.141 e. The number of benzene rings is 1. The van der Waals surface area contributed by atoms with Gasteiger partial charge in [0.05, 0.1) is 5.02 Å². The van der Waals surface area contributed by atoms with Crippen molar-refractivity contribution < 1.29 is 4.39 Å². The minimum absolute atomic E-state index is 0.175. The van der Waals surface area contributed by atoms with Crippen molar-refractivity contribution in [3.05, 3.63) is 34.6 Å². The quantitative estimate of drug-likeness (QED) is 0.605. The largest absolute Gasteiger partial charge is 0.313 e. The molecular formula is C12H16Cl2FN. The summed E-state index contributed by atoms with van der Waals surface area (Å²) in [5, 5.41) is 3.66. The SMILES string of the molecule is CC(Cl)CCCNCc1ccc(F)c(Cl)c1. The Morgan fingerprint density at radius 3 is 2.81 bits per heavy atom. The fourth-order valence-electron chi connectivity index (χ4n) is 1.39. The number of hydrogen-bond acceptors (Lipinski definition) is 1. The molecule has 1 unspecified atom stereocenters. The van der Waals surface area contributed by atoms with Crippen molar-refractivity contribution in [3.63, 3.8) is 0 Å². The molecule has 0 aliphatic carbocycles. The Hall–Kier alpha value is -0.310. The average Bonchev–Trinajstić information content (AvgIpc) is 2.22. The molecule has 1 aromatic carbocycles. The second-order valence-electron chi connectivity index (χ2n) is 3.85. The van der Waals surface area contributed by atoms with E-state index in [1.807, 2.05) is 6.92 Å². The van der Waals surface area contributed by atoms with Crippen LogP contribution in [0.1, 0.15) is 25.3 Å². The van der Waals surface area contributed by atoms with Crippen LogP contribution in [0.15, 0.2) is 18.2 Å². The Bertz CT molecular complexity index is 329. The van der Waals surface area contributed by atoms with E-state index in [-0.39, 0.29) is 16.2 Å². The average molecular weight is 264 g/mol. The number of hydrogen-bond donors (Lipinski definition) is 1. The molecule has 0 amide bonds. The van der Waals surface area contributed by atoms with E-state index < -0.39 is 0 Å². The molecule has 0 radical (unpaired) electrons. The Kier molecular flexibility index (Phi) is 6.10. The Labute approximate surface area is 106 Å². The van der Waals surface area contributed by atoms with Gasteiger partial charge in [0.25, 0.3) is 0 Å². The molecule has 1 N–H and O–H groups in total. The maximum absolute atomic E-state index is 12.9. The van der Waals surface area contributed by atoms with Gasteiger partial charge in [0.1, 0.15) is 5.82 Å². The van der Waals surface area contributed by atoms with Gasteiger partial charge in [-0.15, -0.1) is 11.6 Å². The first-order valence-corrected chi connectivity index (χ1v) is 6.19. The summed E-state index contributed by atoms with van der Waals surface area (Å²) in [5.41, 5.74) is 0.991. The highest BCUT2D eigenvalue weighted by atomic mass is 35.5. The normalized spacial score (nSPS) is 12.8. The maximum atomic E-state index is 12.9. The van der Waals surface area contributed by atoms with Gasteiger partial charge in [0.15, 0.2) is 0 Å². The second-order valence-corrected chi connectivity index (χ2v) is 5.00. The molecule has 0 aliphatic heterocycles. The lowest BCUT2D eigenvalue weighted by Crippen LogP contribution is -2.15. The lowest BCUT2D eigenvalue weighted by atomic mass is 10.2. The third-order valence-corrected chi connectivity index (χ3v) is 2.78. The Morgan fingerprint density at radius 1 is 1.44 bits per heavy atom. The van der Waals surface area contributed by atoms with Gasteiger partial charge in [0.2, 0.25) is 0 Å². The fraction of sp³-hybridized carbons (Fsp3) is 0.500. The third-order valence-electron chi connectivity index (χ3n) is 2.27. The minimum atomic E-state index is -0.374. The highest BCUT2D eigenvalue weighted by molar-refractivity contribution is 6.30. The van der Waals surface area contributed by atoms with Crippen molar-refractivity contribution in [1.82, 2.24) is 5.32 Å². The molecule has 1 aromatic rings. The molecule has 1 nitrogen and oxygen atoms in total. The topological polar surface area (TPSA) is 12.0 Å². The van der Waals surface area contributed by atoms with Crippen LogP contribution in [0, 0.1) is 5.82 Å². The van der Waals surface area contributed by atoms with Crippen LogP contribution >= 0.6 is 23.2 Å². The first kappa shape index (κ1) is 13.8. The molecule has 90 valence electrons. The molecule has 0 saturated carbocycles. The first-order valence-electron chi connectivity index (χ1n) is 5.38. The summed E-state index contributed by atoms with van der Waals surface area (Å²) in [6, 6.07) is 4.77. The molecule has 16 heavy (non-hydrogen) atoms. The monoisotopic (exact) mass is 263 g/mol. The van der Waals surface area contributed by atoms with E-state index in [2.05, 4.69) is 5.32 Å². The van der Waals surface area contributed by atoms with Gasteiger partial charge in [-0.05, 0) is 44.0 Å². The van der Waals surface area contributed by atoms with E-state index in [1.165, 1.54) is 6.07 Å². The van der Waals surface area contributed by atoms with Gasteiger partial charge in [-0.1, -0.05) is 17.7 Å². The van der Waals surface area contributed by atoms with Crippen LogP contribution < -0.4 is 5.32 Å². The molecule has 0 saturated heterocycles. The molecule has 1 rings (SSSR count). The van der Waals surface area contributed by atoms with E-state index in [0.29, 0.717) is 6.54 Å². The molecule has 0 fully saturated rings. The lowest BCUT2D eigenvalue weighted by Gasteiger charge is -2.06.